The van der Waals surface area contributed by atoms with Gasteiger partial charge in [0.2, 0.25) is 23.6 Å². The molecule has 0 unspecified atom stereocenters. The molecule has 5 aromatic rings. The molecule has 2 aromatic carbocycles. The number of piperidine rings is 1. The van der Waals surface area contributed by atoms with Crippen LogP contribution in [0.15, 0.2) is 48.7 Å². The molecule has 14 nitrogen and oxygen atoms in total. The summed E-state index contributed by atoms with van der Waals surface area (Å²) in [6.45, 7) is 9.50. The van der Waals surface area contributed by atoms with Crippen LogP contribution >= 0.6 is 0 Å². The average molecular weight is 809 g/mol. The molecule has 8 rings (SSSR count). The number of aryl methyl sites for hydroxylation is 2. The fourth-order valence-electron chi connectivity index (χ4n) is 8.45. The molecule has 3 aromatic heterocycles. The Morgan fingerprint density at radius 3 is 2.58 bits per heavy atom. The average Bonchev–Trinajstić information content (AvgIpc) is 3.92. The number of hydrogen-bond donors (Lipinski definition) is 4. The zero-order chi connectivity index (χ0) is 41.2. The predicted molar refractivity (Wildman–Crippen MR) is 219 cm³/mol. The van der Waals surface area contributed by atoms with Gasteiger partial charge in [0.25, 0.3) is 5.91 Å². The first-order valence-corrected chi connectivity index (χ1v) is 20.4. The smallest absolute Gasteiger partial charge is 0.258 e. The summed E-state index contributed by atoms with van der Waals surface area (Å²) in [5.41, 5.74) is 5.57. The number of fused-ring (bicyclic) bond motifs is 7. The summed E-state index contributed by atoms with van der Waals surface area (Å²) in [5, 5.41) is 16.7. The van der Waals surface area contributed by atoms with Gasteiger partial charge < -0.3 is 24.8 Å². The largest absolute Gasteiger partial charge is 0.477 e. The van der Waals surface area contributed by atoms with Crippen LogP contribution in [0.1, 0.15) is 72.1 Å². The van der Waals surface area contributed by atoms with Crippen LogP contribution in [0.4, 0.5) is 20.4 Å². The van der Waals surface area contributed by atoms with Crippen LogP contribution in [0.2, 0.25) is 0 Å². The maximum absolute atomic E-state index is 15.1. The standard InChI is InChI=1S/C43H50F2N10O4/c1-25-5-4-14-59-42-32(22-48-53(42)3)36-17-29(15-26(2)49-36)40(57)52-43-50-35-8-6-27(16-37(35)55(43)23-25)20-46-11-12-47-21-28-10-13-54(24-28)30-18-33(44)39(34(45)19-30)31-7-9-38(56)51-41(31)58/h6,8,15-19,22,25,28,31,46-47H,4-5,7,9-14,20-21,23-24H2,1-3H3,(H,50,52,57)(H,51,56,58)/t25-,28+,31-/m1/s1. The Labute approximate surface area is 341 Å². The van der Waals surface area contributed by atoms with E-state index >= 15 is 8.78 Å². The number of halogens is 2. The van der Waals surface area contributed by atoms with Gasteiger partial charge in [-0.2, -0.15) is 5.10 Å². The quantitative estimate of drug-likeness (QED) is 0.115. The normalized spacial score (nSPS) is 20.1. The zero-order valence-electron chi connectivity index (χ0n) is 33.6. The van der Waals surface area contributed by atoms with Gasteiger partial charge in [-0.3, -0.25) is 30.0 Å². The van der Waals surface area contributed by atoms with Crippen LogP contribution in [0.3, 0.4) is 0 Å². The number of imide groups is 1. The minimum atomic E-state index is -1.01. The van der Waals surface area contributed by atoms with Gasteiger partial charge in [-0.25, -0.2) is 18.4 Å². The Morgan fingerprint density at radius 2 is 1.76 bits per heavy atom. The molecule has 6 heterocycles. The van der Waals surface area contributed by atoms with Crippen LogP contribution in [-0.2, 0) is 29.7 Å². The molecule has 2 saturated heterocycles. The molecule has 16 heteroatoms. The van der Waals surface area contributed by atoms with E-state index in [0.29, 0.717) is 73.2 Å². The fraction of sp³-hybridized carbons (Fsp3) is 0.442. The van der Waals surface area contributed by atoms with Gasteiger partial charge in [-0.05, 0) is 92.9 Å². The molecule has 4 N–H and O–H groups in total. The molecule has 0 radical (unpaired) electrons. The van der Waals surface area contributed by atoms with Crippen molar-refractivity contribution >= 4 is 40.4 Å². The van der Waals surface area contributed by atoms with Crippen molar-refractivity contribution in [3.05, 3.63) is 82.7 Å². The van der Waals surface area contributed by atoms with E-state index in [2.05, 4.69) is 50.0 Å². The number of nitrogens with zero attached hydrogens (tertiary/aromatic N) is 6. The second-order valence-electron chi connectivity index (χ2n) is 16.1. The van der Waals surface area contributed by atoms with Gasteiger partial charge >= 0.3 is 0 Å². The monoisotopic (exact) mass is 808 g/mol. The van der Waals surface area contributed by atoms with Crippen molar-refractivity contribution in [2.24, 2.45) is 18.9 Å². The van der Waals surface area contributed by atoms with Crippen LogP contribution in [0, 0.1) is 30.4 Å². The lowest BCUT2D eigenvalue weighted by molar-refractivity contribution is -0.134. The van der Waals surface area contributed by atoms with Crippen molar-refractivity contribution in [2.45, 2.75) is 65.0 Å². The third kappa shape index (κ3) is 8.83. The van der Waals surface area contributed by atoms with Crippen molar-refractivity contribution in [1.82, 2.24) is 40.3 Å². The highest BCUT2D eigenvalue weighted by atomic mass is 19.1. The van der Waals surface area contributed by atoms with E-state index in [4.69, 9.17) is 14.7 Å². The van der Waals surface area contributed by atoms with Crippen molar-refractivity contribution in [3.63, 3.8) is 0 Å². The van der Waals surface area contributed by atoms with Crippen molar-refractivity contribution in [2.75, 3.05) is 49.5 Å². The summed E-state index contributed by atoms with van der Waals surface area (Å²) in [5.74, 6) is -2.17. The third-order valence-corrected chi connectivity index (χ3v) is 11.5. The van der Waals surface area contributed by atoms with E-state index in [0.717, 1.165) is 61.1 Å². The Hall–Kier alpha value is -5.74. The number of rotatable bonds is 9. The fourth-order valence-corrected chi connectivity index (χ4v) is 8.45. The van der Waals surface area contributed by atoms with Crippen molar-refractivity contribution in [1.29, 1.82) is 0 Å². The van der Waals surface area contributed by atoms with Gasteiger partial charge in [0, 0.05) is 75.2 Å². The van der Waals surface area contributed by atoms with Gasteiger partial charge in [0.05, 0.1) is 41.0 Å². The number of hydrogen-bond acceptors (Lipinski definition) is 10. The van der Waals surface area contributed by atoms with E-state index < -0.39 is 29.4 Å². The first-order valence-electron chi connectivity index (χ1n) is 20.4. The molecule has 3 atom stereocenters. The number of benzene rings is 2. The minimum absolute atomic E-state index is 0.0550. The van der Waals surface area contributed by atoms with E-state index in [1.54, 1.807) is 23.0 Å². The van der Waals surface area contributed by atoms with Crippen LogP contribution < -0.4 is 30.9 Å². The lowest BCUT2D eigenvalue weighted by atomic mass is 9.89. The van der Waals surface area contributed by atoms with Crippen LogP contribution in [0.25, 0.3) is 22.3 Å². The highest BCUT2D eigenvalue weighted by molar-refractivity contribution is 6.05. The van der Waals surface area contributed by atoms with Gasteiger partial charge in [-0.15, -0.1) is 0 Å². The lowest BCUT2D eigenvalue weighted by Crippen LogP contribution is -2.40. The van der Waals surface area contributed by atoms with Crippen molar-refractivity contribution < 1.29 is 27.9 Å². The van der Waals surface area contributed by atoms with E-state index in [1.807, 2.05) is 24.9 Å². The first-order chi connectivity index (χ1) is 28.5. The Morgan fingerprint density at radius 1 is 0.949 bits per heavy atom. The summed E-state index contributed by atoms with van der Waals surface area (Å²) >= 11 is 0. The molecule has 2 bridgehead atoms. The number of nitrogens with one attached hydrogen (secondary N) is 4. The molecule has 0 saturated carbocycles. The molecule has 59 heavy (non-hydrogen) atoms. The van der Waals surface area contributed by atoms with Gasteiger partial charge in [-0.1, -0.05) is 13.0 Å². The Balaban J connectivity index is 0.864. The van der Waals surface area contributed by atoms with Crippen molar-refractivity contribution in [3.8, 4) is 17.1 Å². The molecular formula is C43H50F2N10O4. The number of carbonyl (C=O) groups is 3. The molecule has 3 aliphatic heterocycles. The second kappa shape index (κ2) is 17.2. The minimum Gasteiger partial charge on any atom is -0.477 e. The Kier molecular flexibility index (Phi) is 11.7. The maximum Gasteiger partial charge on any atom is 0.258 e. The van der Waals surface area contributed by atoms with Crippen LogP contribution in [0.5, 0.6) is 5.88 Å². The van der Waals surface area contributed by atoms with Gasteiger partial charge in [0.15, 0.2) is 0 Å². The number of amides is 3. The predicted octanol–water partition coefficient (Wildman–Crippen LogP) is 5.21. The highest BCUT2D eigenvalue weighted by Gasteiger charge is 2.33. The summed E-state index contributed by atoms with van der Waals surface area (Å²) in [4.78, 5) is 49.1. The number of aromatic nitrogens is 5. The summed E-state index contributed by atoms with van der Waals surface area (Å²) in [7, 11) is 1.84. The summed E-state index contributed by atoms with van der Waals surface area (Å²) < 4.78 is 40.3. The maximum atomic E-state index is 15.1. The molecular weight excluding hydrogens is 759 g/mol. The molecule has 3 aliphatic rings. The second-order valence-corrected chi connectivity index (χ2v) is 16.1. The number of ether oxygens (including phenoxy) is 1. The number of pyridine rings is 1. The van der Waals surface area contributed by atoms with E-state index in [1.165, 1.54) is 12.1 Å². The summed E-state index contributed by atoms with van der Waals surface area (Å²) in [6.07, 6.45) is 4.51. The van der Waals surface area contributed by atoms with E-state index in [9.17, 15) is 14.4 Å². The van der Waals surface area contributed by atoms with Gasteiger partial charge in [0.1, 0.15) is 11.6 Å². The first kappa shape index (κ1) is 40.1. The van der Waals surface area contributed by atoms with Crippen LogP contribution in [-0.4, -0.2) is 81.4 Å². The topological polar surface area (TPSA) is 160 Å². The molecule has 0 spiro atoms. The SMILES string of the molecule is Cc1cc2cc(n1)-c1cnn(C)c1OCCC[C@@H](C)Cn1c(nc3ccc(CNCCNC[C@@H]4CCN(c5cc(F)c([C@H]6CCC(=O)NC6=O)c(F)c5)C4)cc31)NC2=O. The summed E-state index contributed by atoms with van der Waals surface area (Å²) in [6, 6.07) is 12.3. The third-order valence-electron chi connectivity index (χ3n) is 11.5. The highest BCUT2D eigenvalue weighted by Crippen LogP contribution is 2.34. The number of imidazole rings is 1. The number of anilines is 2. The number of carbonyl (C=O) groups excluding carboxylic acids is 3. The lowest BCUT2D eigenvalue weighted by Gasteiger charge is -2.24. The Bertz CT molecular complexity index is 2370. The molecule has 3 amide bonds. The molecule has 2 fully saturated rings. The zero-order valence-corrected chi connectivity index (χ0v) is 33.6. The van der Waals surface area contributed by atoms with E-state index in [-0.39, 0.29) is 30.2 Å². The molecule has 310 valence electrons. The molecule has 0 aliphatic carbocycles.